The molecule has 4 nitrogen and oxygen atoms in total. The van der Waals surface area contributed by atoms with Crippen molar-refractivity contribution >= 4 is 17.3 Å². The summed E-state index contributed by atoms with van der Waals surface area (Å²) in [5.41, 5.74) is 1.12. The predicted molar refractivity (Wildman–Crippen MR) is 90.9 cm³/mol. The SMILES string of the molecule is CN=C(NCCCC1CCCC1)N(C)Cc1csc(C)n1. The lowest BCUT2D eigenvalue weighted by molar-refractivity contribution is 0.454. The largest absolute Gasteiger partial charge is 0.356 e. The summed E-state index contributed by atoms with van der Waals surface area (Å²) in [5, 5.41) is 6.72. The third-order valence-electron chi connectivity index (χ3n) is 4.19. The van der Waals surface area contributed by atoms with Gasteiger partial charge in [-0.15, -0.1) is 11.3 Å². The molecule has 1 aromatic rings. The normalized spacial score (nSPS) is 16.4. The molecule has 0 atom stereocenters. The van der Waals surface area contributed by atoms with E-state index < -0.39 is 0 Å². The Morgan fingerprint density at radius 2 is 2.24 bits per heavy atom. The number of nitrogens with zero attached hydrogens (tertiary/aromatic N) is 3. The van der Waals surface area contributed by atoms with Crippen LogP contribution in [0.25, 0.3) is 0 Å². The van der Waals surface area contributed by atoms with Crippen molar-refractivity contribution < 1.29 is 0 Å². The Balaban J connectivity index is 1.69. The van der Waals surface area contributed by atoms with Gasteiger partial charge in [0.05, 0.1) is 17.2 Å². The Labute approximate surface area is 132 Å². The van der Waals surface area contributed by atoms with Crippen LogP contribution in [-0.2, 0) is 6.54 Å². The summed E-state index contributed by atoms with van der Waals surface area (Å²) in [4.78, 5) is 11.0. The summed E-state index contributed by atoms with van der Waals surface area (Å²) in [5.74, 6) is 1.94. The maximum Gasteiger partial charge on any atom is 0.193 e. The van der Waals surface area contributed by atoms with Gasteiger partial charge in [0.2, 0.25) is 0 Å². The fourth-order valence-electron chi connectivity index (χ4n) is 3.07. The minimum absolute atomic E-state index is 0.812. The van der Waals surface area contributed by atoms with Gasteiger partial charge in [0, 0.05) is 26.0 Å². The minimum atomic E-state index is 0.812. The first-order valence-corrected chi connectivity index (χ1v) is 8.90. The maximum absolute atomic E-state index is 4.51. The molecule has 0 radical (unpaired) electrons. The van der Waals surface area contributed by atoms with Crippen molar-refractivity contribution in [2.75, 3.05) is 20.6 Å². The average Bonchev–Trinajstić information content (AvgIpc) is 3.10. The van der Waals surface area contributed by atoms with Gasteiger partial charge >= 0.3 is 0 Å². The molecule has 1 aliphatic rings. The highest BCUT2D eigenvalue weighted by Crippen LogP contribution is 2.28. The van der Waals surface area contributed by atoms with Gasteiger partial charge in [0.15, 0.2) is 5.96 Å². The lowest BCUT2D eigenvalue weighted by Crippen LogP contribution is -2.39. The number of aryl methyl sites for hydroxylation is 1. The summed E-state index contributed by atoms with van der Waals surface area (Å²) >= 11 is 1.70. The van der Waals surface area contributed by atoms with E-state index in [1.807, 2.05) is 14.0 Å². The molecular formula is C16H28N4S. The molecule has 0 aliphatic heterocycles. The molecule has 1 saturated carbocycles. The van der Waals surface area contributed by atoms with Crippen molar-refractivity contribution in [3.8, 4) is 0 Å². The third-order valence-corrected chi connectivity index (χ3v) is 5.01. The fraction of sp³-hybridized carbons (Fsp3) is 0.750. The molecule has 0 aromatic carbocycles. The van der Waals surface area contributed by atoms with Gasteiger partial charge in [-0.2, -0.15) is 0 Å². The zero-order valence-corrected chi connectivity index (χ0v) is 14.4. The van der Waals surface area contributed by atoms with E-state index in [2.05, 4.69) is 32.6 Å². The molecule has 1 aliphatic carbocycles. The Kier molecular flexibility index (Phi) is 6.49. The van der Waals surface area contributed by atoms with Crippen LogP contribution in [0.15, 0.2) is 10.4 Å². The molecular weight excluding hydrogens is 280 g/mol. The number of hydrogen-bond acceptors (Lipinski definition) is 3. The molecule has 5 heteroatoms. The number of aliphatic imine (C=N–C) groups is 1. The standard InChI is InChI=1S/C16H28N4S/c1-13-19-15(12-21-13)11-20(3)16(17-2)18-10-6-9-14-7-4-5-8-14/h12,14H,4-11H2,1-3H3,(H,17,18). The van der Waals surface area contributed by atoms with Gasteiger partial charge in [-0.1, -0.05) is 25.7 Å². The summed E-state index contributed by atoms with van der Waals surface area (Å²) in [7, 11) is 3.92. The topological polar surface area (TPSA) is 40.5 Å². The van der Waals surface area contributed by atoms with Crippen LogP contribution in [0, 0.1) is 12.8 Å². The van der Waals surface area contributed by atoms with E-state index in [1.165, 1.54) is 38.5 Å². The van der Waals surface area contributed by atoms with Gasteiger partial charge in [-0.05, 0) is 25.7 Å². The summed E-state index contributed by atoms with van der Waals surface area (Å²) in [6, 6.07) is 0. The van der Waals surface area contributed by atoms with Crippen LogP contribution in [0.2, 0.25) is 0 Å². The first-order chi connectivity index (χ1) is 10.2. The molecule has 0 unspecified atom stereocenters. The molecule has 21 heavy (non-hydrogen) atoms. The highest BCUT2D eigenvalue weighted by Gasteiger charge is 2.14. The lowest BCUT2D eigenvalue weighted by atomic mass is 10.0. The van der Waals surface area contributed by atoms with Crippen molar-refractivity contribution in [3.63, 3.8) is 0 Å². The second-order valence-electron chi connectivity index (χ2n) is 5.98. The minimum Gasteiger partial charge on any atom is -0.356 e. The summed E-state index contributed by atoms with van der Waals surface area (Å²) < 4.78 is 0. The first-order valence-electron chi connectivity index (χ1n) is 8.02. The quantitative estimate of drug-likeness (QED) is 0.497. The van der Waals surface area contributed by atoms with E-state index in [0.717, 1.165) is 35.7 Å². The molecule has 1 heterocycles. The van der Waals surface area contributed by atoms with Gasteiger partial charge in [0.25, 0.3) is 0 Å². The Morgan fingerprint density at radius 1 is 1.48 bits per heavy atom. The van der Waals surface area contributed by atoms with E-state index in [0.29, 0.717) is 0 Å². The third kappa shape index (κ3) is 5.30. The van der Waals surface area contributed by atoms with Crippen LogP contribution < -0.4 is 5.32 Å². The Hall–Kier alpha value is -1.10. The molecule has 0 bridgehead atoms. The number of thiazole rings is 1. The van der Waals surface area contributed by atoms with Crippen LogP contribution in [0.1, 0.15) is 49.2 Å². The second-order valence-corrected chi connectivity index (χ2v) is 7.04. The van der Waals surface area contributed by atoms with Crippen LogP contribution >= 0.6 is 11.3 Å². The van der Waals surface area contributed by atoms with Crippen molar-refractivity contribution in [1.82, 2.24) is 15.2 Å². The van der Waals surface area contributed by atoms with Crippen molar-refractivity contribution in [2.24, 2.45) is 10.9 Å². The molecule has 2 rings (SSSR count). The number of rotatable bonds is 6. The Bertz CT molecular complexity index is 449. The first kappa shape index (κ1) is 16.3. The number of nitrogens with one attached hydrogen (secondary N) is 1. The average molecular weight is 308 g/mol. The smallest absolute Gasteiger partial charge is 0.193 e. The van der Waals surface area contributed by atoms with Crippen LogP contribution in [0.5, 0.6) is 0 Å². The number of guanidine groups is 1. The van der Waals surface area contributed by atoms with Crippen LogP contribution in [0.3, 0.4) is 0 Å². The molecule has 1 aromatic heterocycles. The van der Waals surface area contributed by atoms with Crippen LogP contribution in [-0.4, -0.2) is 36.5 Å². The fourth-order valence-corrected chi connectivity index (χ4v) is 3.68. The number of hydrogen-bond donors (Lipinski definition) is 1. The van der Waals surface area contributed by atoms with E-state index in [-0.39, 0.29) is 0 Å². The molecule has 0 amide bonds. The predicted octanol–water partition coefficient (Wildman–Crippen LogP) is 3.43. The highest BCUT2D eigenvalue weighted by molar-refractivity contribution is 7.09. The summed E-state index contributed by atoms with van der Waals surface area (Å²) in [6.45, 7) is 3.88. The van der Waals surface area contributed by atoms with E-state index in [4.69, 9.17) is 0 Å². The van der Waals surface area contributed by atoms with E-state index >= 15 is 0 Å². The Morgan fingerprint density at radius 3 is 2.86 bits per heavy atom. The zero-order chi connectivity index (χ0) is 15.1. The number of aromatic nitrogens is 1. The van der Waals surface area contributed by atoms with Crippen molar-refractivity contribution in [3.05, 3.63) is 16.1 Å². The maximum atomic E-state index is 4.51. The monoisotopic (exact) mass is 308 g/mol. The lowest BCUT2D eigenvalue weighted by Gasteiger charge is -2.21. The van der Waals surface area contributed by atoms with E-state index in [1.54, 1.807) is 11.3 Å². The highest BCUT2D eigenvalue weighted by atomic mass is 32.1. The van der Waals surface area contributed by atoms with Gasteiger partial charge in [0.1, 0.15) is 0 Å². The van der Waals surface area contributed by atoms with Gasteiger partial charge in [-0.25, -0.2) is 4.98 Å². The molecule has 1 N–H and O–H groups in total. The molecule has 1 fully saturated rings. The molecule has 0 saturated heterocycles. The van der Waals surface area contributed by atoms with Crippen molar-refractivity contribution in [2.45, 2.75) is 52.0 Å². The summed E-state index contributed by atoms with van der Waals surface area (Å²) in [6.07, 6.45) is 8.37. The van der Waals surface area contributed by atoms with E-state index in [9.17, 15) is 0 Å². The molecule has 118 valence electrons. The second kappa shape index (κ2) is 8.37. The molecule has 0 spiro atoms. The van der Waals surface area contributed by atoms with Crippen molar-refractivity contribution in [1.29, 1.82) is 0 Å². The zero-order valence-electron chi connectivity index (χ0n) is 13.6. The van der Waals surface area contributed by atoms with Gasteiger partial charge in [-0.3, -0.25) is 4.99 Å². The van der Waals surface area contributed by atoms with Gasteiger partial charge < -0.3 is 10.2 Å². The van der Waals surface area contributed by atoms with Crippen LogP contribution in [0.4, 0.5) is 0 Å².